The summed E-state index contributed by atoms with van der Waals surface area (Å²) in [4.78, 5) is 11.7. The van der Waals surface area contributed by atoms with Crippen molar-refractivity contribution >= 4 is 28.8 Å². The van der Waals surface area contributed by atoms with Gasteiger partial charge in [0.05, 0.1) is 0 Å². The molecule has 6 heteroatoms. The molecule has 4 N–H and O–H groups in total. The summed E-state index contributed by atoms with van der Waals surface area (Å²) < 4.78 is 13.1. The van der Waals surface area contributed by atoms with Crippen LogP contribution in [-0.2, 0) is 4.79 Å². The highest BCUT2D eigenvalue weighted by molar-refractivity contribution is 7.80. The van der Waals surface area contributed by atoms with Crippen LogP contribution in [0.15, 0.2) is 18.2 Å². The molecule has 0 aliphatic heterocycles. The Morgan fingerprint density at radius 1 is 1.56 bits per heavy atom. The fraction of sp³-hybridized carbons (Fsp3) is 0.333. The minimum Gasteiger partial charge on any atom is -0.389 e. The van der Waals surface area contributed by atoms with E-state index in [4.69, 9.17) is 18.0 Å². The van der Waals surface area contributed by atoms with Crippen LogP contribution in [0.2, 0.25) is 0 Å². The molecule has 1 aromatic carbocycles. The summed E-state index contributed by atoms with van der Waals surface area (Å²) in [5.74, 6) is -0.565. The molecule has 1 unspecified atom stereocenters. The summed E-state index contributed by atoms with van der Waals surface area (Å²) in [6, 6.07) is 3.59. The van der Waals surface area contributed by atoms with E-state index in [1.807, 2.05) is 6.92 Å². The van der Waals surface area contributed by atoms with E-state index in [9.17, 15) is 9.18 Å². The van der Waals surface area contributed by atoms with Crippen molar-refractivity contribution in [1.29, 1.82) is 0 Å². The van der Waals surface area contributed by atoms with Gasteiger partial charge in [0.15, 0.2) is 0 Å². The van der Waals surface area contributed by atoms with E-state index in [2.05, 4.69) is 10.6 Å². The summed E-state index contributed by atoms with van der Waals surface area (Å²) in [7, 11) is 0. The highest BCUT2D eigenvalue weighted by Crippen LogP contribution is 2.18. The second-order valence-corrected chi connectivity index (χ2v) is 4.25. The number of hydrogen-bond donors (Lipinski definition) is 3. The number of hydrogen-bond acceptors (Lipinski definition) is 3. The van der Waals surface area contributed by atoms with Gasteiger partial charge in [-0.3, -0.25) is 4.79 Å². The van der Waals surface area contributed by atoms with Crippen molar-refractivity contribution in [3.63, 3.8) is 0 Å². The molecule has 0 heterocycles. The number of carbonyl (C=O) groups excluding carboxylic acids is 1. The SMILES string of the molecule is CCNC(=O)C(C)Nc1ccc(F)cc1C(N)=S. The first-order chi connectivity index (χ1) is 8.45. The highest BCUT2D eigenvalue weighted by atomic mass is 32.1. The fourth-order valence-electron chi connectivity index (χ4n) is 1.47. The Labute approximate surface area is 111 Å². The summed E-state index contributed by atoms with van der Waals surface area (Å²) in [5.41, 5.74) is 6.45. The summed E-state index contributed by atoms with van der Waals surface area (Å²) in [6.45, 7) is 4.09. The standard InChI is InChI=1S/C12H16FN3OS/c1-3-15-12(17)7(2)16-10-5-4-8(13)6-9(10)11(14)18/h4-7,16H,3H2,1-2H3,(H2,14,18)(H,15,17). The number of nitrogens with one attached hydrogen (secondary N) is 2. The van der Waals surface area contributed by atoms with Crippen LogP contribution in [0, 0.1) is 5.82 Å². The Morgan fingerprint density at radius 2 is 2.22 bits per heavy atom. The van der Waals surface area contributed by atoms with Crippen LogP contribution < -0.4 is 16.4 Å². The molecule has 1 atom stereocenters. The molecule has 0 aliphatic rings. The first kappa shape index (κ1) is 14.4. The third-order valence-corrected chi connectivity index (χ3v) is 2.58. The zero-order valence-corrected chi connectivity index (χ0v) is 11.1. The number of likely N-dealkylation sites (N-methyl/N-ethyl adjacent to an activating group) is 1. The van der Waals surface area contributed by atoms with Crippen LogP contribution in [0.25, 0.3) is 0 Å². The second-order valence-electron chi connectivity index (χ2n) is 3.81. The van der Waals surface area contributed by atoms with Crippen molar-refractivity contribution in [2.45, 2.75) is 19.9 Å². The van der Waals surface area contributed by atoms with E-state index >= 15 is 0 Å². The number of thiocarbonyl (C=S) groups is 1. The number of benzene rings is 1. The van der Waals surface area contributed by atoms with Gasteiger partial charge in [-0.2, -0.15) is 0 Å². The van der Waals surface area contributed by atoms with Gasteiger partial charge in [-0.1, -0.05) is 12.2 Å². The van der Waals surface area contributed by atoms with E-state index in [1.165, 1.54) is 18.2 Å². The lowest BCUT2D eigenvalue weighted by molar-refractivity contribution is -0.121. The quantitative estimate of drug-likeness (QED) is 0.707. The van der Waals surface area contributed by atoms with Crippen LogP contribution in [0.5, 0.6) is 0 Å². The second kappa shape index (κ2) is 6.30. The Balaban J connectivity index is 2.90. The van der Waals surface area contributed by atoms with Gasteiger partial charge in [-0.15, -0.1) is 0 Å². The highest BCUT2D eigenvalue weighted by Gasteiger charge is 2.14. The molecule has 0 fully saturated rings. The number of rotatable bonds is 5. The minimum atomic E-state index is -0.455. The predicted molar refractivity (Wildman–Crippen MR) is 74.1 cm³/mol. The van der Waals surface area contributed by atoms with Crippen molar-refractivity contribution in [2.75, 3.05) is 11.9 Å². The third kappa shape index (κ3) is 3.66. The lowest BCUT2D eigenvalue weighted by atomic mass is 10.1. The van der Waals surface area contributed by atoms with Crippen LogP contribution in [0.1, 0.15) is 19.4 Å². The molecule has 0 saturated carbocycles. The summed E-state index contributed by atoms with van der Waals surface area (Å²) in [5, 5.41) is 5.64. The van der Waals surface area contributed by atoms with Crippen molar-refractivity contribution in [3.8, 4) is 0 Å². The van der Waals surface area contributed by atoms with Crippen LogP contribution in [0.3, 0.4) is 0 Å². The van der Waals surface area contributed by atoms with Gasteiger partial charge in [0, 0.05) is 17.8 Å². The molecular formula is C12H16FN3OS. The first-order valence-corrected chi connectivity index (χ1v) is 6.00. The van der Waals surface area contributed by atoms with E-state index in [0.717, 1.165) is 0 Å². The van der Waals surface area contributed by atoms with Gasteiger partial charge in [-0.25, -0.2) is 4.39 Å². The Morgan fingerprint density at radius 3 is 2.78 bits per heavy atom. The van der Waals surface area contributed by atoms with Crippen molar-refractivity contribution in [3.05, 3.63) is 29.6 Å². The average Bonchev–Trinajstić information content (AvgIpc) is 2.31. The Kier molecular flexibility index (Phi) is 5.03. The fourth-order valence-corrected chi connectivity index (χ4v) is 1.64. The van der Waals surface area contributed by atoms with Gasteiger partial charge in [0.25, 0.3) is 0 Å². The van der Waals surface area contributed by atoms with Crippen molar-refractivity contribution < 1.29 is 9.18 Å². The summed E-state index contributed by atoms with van der Waals surface area (Å²) in [6.07, 6.45) is 0. The molecule has 18 heavy (non-hydrogen) atoms. The van der Waals surface area contributed by atoms with Gasteiger partial charge in [0.1, 0.15) is 16.8 Å². The van der Waals surface area contributed by atoms with E-state index in [1.54, 1.807) is 6.92 Å². The molecule has 0 spiro atoms. The number of amides is 1. The molecular weight excluding hydrogens is 253 g/mol. The molecule has 1 aromatic rings. The largest absolute Gasteiger partial charge is 0.389 e. The molecule has 4 nitrogen and oxygen atoms in total. The lowest BCUT2D eigenvalue weighted by Gasteiger charge is -2.17. The average molecular weight is 269 g/mol. The minimum absolute atomic E-state index is 0.0834. The molecule has 98 valence electrons. The van der Waals surface area contributed by atoms with Gasteiger partial charge >= 0.3 is 0 Å². The van der Waals surface area contributed by atoms with E-state index < -0.39 is 11.9 Å². The van der Waals surface area contributed by atoms with Gasteiger partial charge in [0.2, 0.25) is 5.91 Å². The van der Waals surface area contributed by atoms with Gasteiger partial charge in [-0.05, 0) is 32.0 Å². The topological polar surface area (TPSA) is 67.2 Å². The molecule has 0 bridgehead atoms. The summed E-state index contributed by atoms with van der Waals surface area (Å²) >= 11 is 4.85. The smallest absolute Gasteiger partial charge is 0.242 e. The normalized spacial score (nSPS) is 11.7. The number of nitrogens with two attached hydrogens (primary N) is 1. The Hall–Kier alpha value is -1.69. The maximum absolute atomic E-state index is 13.1. The van der Waals surface area contributed by atoms with Gasteiger partial charge < -0.3 is 16.4 Å². The Bertz CT molecular complexity index is 465. The third-order valence-electron chi connectivity index (χ3n) is 2.36. The maximum Gasteiger partial charge on any atom is 0.242 e. The molecule has 0 radical (unpaired) electrons. The number of anilines is 1. The lowest BCUT2D eigenvalue weighted by Crippen LogP contribution is -2.37. The van der Waals surface area contributed by atoms with Crippen molar-refractivity contribution in [2.24, 2.45) is 5.73 Å². The molecule has 1 rings (SSSR count). The molecule has 0 aromatic heterocycles. The molecule has 0 saturated heterocycles. The first-order valence-electron chi connectivity index (χ1n) is 5.59. The monoisotopic (exact) mass is 269 g/mol. The van der Waals surface area contributed by atoms with Crippen LogP contribution >= 0.6 is 12.2 Å². The molecule has 0 aliphatic carbocycles. The number of carbonyl (C=O) groups is 1. The van der Waals surface area contributed by atoms with E-state index in [-0.39, 0.29) is 10.9 Å². The number of halogens is 1. The molecule has 1 amide bonds. The van der Waals surface area contributed by atoms with E-state index in [0.29, 0.717) is 17.8 Å². The maximum atomic E-state index is 13.1. The zero-order chi connectivity index (χ0) is 13.7. The van der Waals surface area contributed by atoms with Crippen molar-refractivity contribution in [1.82, 2.24) is 5.32 Å². The van der Waals surface area contributed by atoms with Crippen LogP contribution in [0.4, 0.5) is 10.1 Å². The predicted octanol–water partition coefficient (Wildman–Crippen LogP) is 1.40. The van der Waals surface area contributed by atoms with Crippen LogP contribution in [-0.4, -0.2) is 23.5 Å². The zero-order valence-electron chi connectivity index (χ0n) is 10.3.